The lowest BCUT2D eigenvalue weighted by molar-refractivity contribution is -0.119. The Balaban J connectivity index is 5.14. The van der Waals surface area contributed by atoms with Gasteiger partial charge in [-0.2, -0.15) is 18.3 Å². The number of halogens is 3. The quantitative estimate of drug-likeness (QED) is 0.459. The normalized spacial score (nSPS) is 13.6. The molecule has 0 fully saturated rings. The van der Waals surface area contributed by atoms with E-state index in [4.69, 9.17) is 0 Å². The van der Waals surface area contributed by atoms with Crippen LogP contribution in [0.4, 0.5) is 13.2 Å². The topological polar surface area (TPSA) is 58.5 Å². The number of carbonyl (C=O) groups excluding carboxylic acids is 2. The van der Waals surface area contributed by atoms with Gasteiger partial charge in [0.15, 0.2) is 5.78 Å². The van der Waals surface area contributed by atoms with Gasteiger partial charge in [0, 0.05) is 12.5 Å². The van der Waals surface area contributed by atoms with Crippen molar-refractivity contribution >= 4 is 17.9 Å². The average molecular weight is 236 g/mol. The van der Waals surface area contributed by atoms with E-state index in [0.29, 0.717) is 6.21 Å². The van der Waals surface area contributed by atoms with Gasteiger partial charge < -0.3 is 0 Å². The summed E-state index contributed by atoms with van der Waals surface area (Å²) in [5.74, 6) is -1.31. The summed E-state index contributed by atoms with van der Waals surface area (Å²) in [6, 6.07) is 0. The van der Waals surface area contributed by atoms with Crippen LogP contribution in [0, 0.1) is 0 Å². The molecule has 7 heteroatoms. The lowest BCUT2D eigenvalue weighted by Crippen LogP contribution is -2.20. The van der Waals surface area contributed by atoms with Crippen LogP contribution in [-0.4, -0.2) is 24.1 Å². The largest absolute Gasteiger partial charge is 0.418 e. The van der Waals surface area contributed by atoms with E-state index in [1.54, 1.807) is 0 Å². The summed E-state index contributed by atoms with van der Waals surface area (Å²) in [4.78, 5) is 21.2. The number of carbonyl (C=O) groups is 2. The molecule has 0 spiro atoms. The first-order valence-corrected chi connectivity index (χ1v) is 4.25. The van der Waals surface area contributed by atoms with E-state index < -0.39 is 29.0 Å². The molecule has 0 heterocycles. The van der Waals surface area contributed by atoms with E-state index in [1.807, 2.05) is 5.43 Å². The Labute approximate surface area is 90.2 Å². The van der Waals surface area contributed by atoms with Gasteiger partial charge in [-0.05, 0) is 13.8 Å². The number of amides is 1. The fourth-order valence-electron chi connectivity index (χ4n) is 0.760. The van der Waals surface area contributed by atoms with Gasteiger partial charge in [0.05, 0.1) is 11.8 Å². The monoisotopic (exact) mass is 236 g/mol. The highest BCUT2D eigenvalue weighted by atomic mass is 19.4. The minimum Gasteiger partial charge on any atom is -0.295 e. The predicted octanol–water partition coefficient (Wildman–Crippen LogP) is 1.58. The Morgan fingerprint density at radius 2 is 1.69 bits per heavy atom. The van der Waals surface area contributed by atoms with Gasteiger partial charge in [-0.25, -0.2) is 5.43 Å². The maximum absolute atomic E-state index is 12.4. The number of hydrogen-bond acceptors (Lipinski definition) is 3. The van der Waals surface area contributed by atoms with E-state index in [1.165, 1.54) is 0 Å². The molecule has 0 aromatic carbocycles. The van der Waals surface area contributed by atoms with Crippen molar-refractivity contribution < 1.29 is 22.8 Å². The van der Waals surface area contributed by atoms with E-state index in [-0.39, 0.29) is 0 Å². The van der Waals surface area contributed by atoms with E-state index in [0.717, 1.165) is 20.8 Å². The Hall–Kier alpha value is -1.66. The summed E-state index contributed by atoms with van der Waals surface area (Å²) in [5.41, 5.74) is 0.198. The van der Waals surface area contributed by atoms with E-state index >= 15 is 0 Å². The molecule has 0 bridgehead atoms. The molecule has 1 N–H and O–H groups in total. The van der Waals surface area contributed by atoms with Crippen molar-refractivity contribution in [1.82, 2.24) is 5.43 Å². The smallest absolute Gasteiger partial charge is 0.295 e. The van der Waals surface area contributed by atoms with Gasteiger partial charge in [-0.15, -0.1) is 0 Å². The second-order valence-corrected chi connectivity index (χ2v) is 3.02. The molecule has 0 atom stereocenters. The summed E-state index contributed by atoms with van der Waals surface area (Å²) in [6.07, 6.45) is -4.27. The van der Waals surface area contributed by atoms with Gasteiger partial charge >= 0.3 is 6.18 Å². The van der Waals surface area contributed by atoms with Crippen molar-refractivity contribution in [2.24, 2.45) is 5.10 Å². The first-order valence-electron chi connectivity index (χ1n) is 4.25. The minimum absolute atomic E-state index is 0.415. The summed E-state index contributed by atoms with van der Waals surface area (Å²) < 4.78 is 37.3. The van der Waals surface area contributed by atoms with Gasteiger partial charge in [-0.1, -0.05) is 0 Å². The van der Waals surface area contributed by atoms with Crippen molar-refractivity contribution in [2.45, 2.75) is 26.9 Å². The molecule has 0 aliphatic carbocycles. The van der Waals surface area contributed by atoms with Crippen molar-refractivity contribution in [1.29, 1.82) is 0 Å². The Kier molecular flexibility index (Phi) is 4.87. The third-order valence-corrected chi connectivity index (χ3v) is 1.65. The van der Waals surface area contributed by atoms with Crippen LogP contribution in [0.15, 0.2) is 16.2 Å². The van der Waals surface area contributed by atoms with Crippen LogP contribution >= 0.6 is 0 Å². The Morgan fingerprint density at radius 1 is 1.19 bits per heavy atom. The fraction of sp³-hybridized carbons (Fsp3) is 0.444. The third-order valence-electron chi connectivity index (χ3n) is 1.65. The molecule has 90 valence electrons. The van der Waals surface area contributed by atoms with Crippen LogP contribution in [0.2, 0.25) is 0 Å². The van der Waals surface area contributed by atoms with Crippen molar-refractivity contribution in [3.63, 3.8) is 0 Å². The lowest BCUT2D eigenvalue weighted by Gasteiger charge is -2.09. The van der Waals surface area contributed by atoms with Crippen LogP contribution in [0.1, 0.15) is 20.8 Å². The van der Waals surface area contributed by atoms with Crippen molar-refractivity contribution in [3.8, 4) is 0 Å². The van der Waals surface area contributed by atoms with Crippen LogP contribution < -0.4 is 5.43 Å². The number of hydrogen-bond donors (Lipinski definition) is 1. The fourth-order valence-corrected chi connectivity index (χ4v) is 0.760. The molecule has 0 unspecified atom stereocenters. The molecular weight excluding hydrogens is 225 g/mol. The molecule has 0 saturated heterocycles. The summed E-state index contributed by atoms with van der Waals surface area (Å²) >= 11 is 0. The Morgan fingerprint density at radius 3 is 2.00 bits per heavy atom. The maximum atomic E-state index is 12.4. The molecule has 0 radical (unpaired) electrons. The van der Waals surface area contributed by atoms with Crippen molar-refractivity contribution in [3.05, 3.63) is 11.1 Å². The van der Waals surface area contributed by atoms with Gasteiger partial charge in [-0.3, -0.25) is 9.59 Å². The molecule has 0 aliphatic rings. The van der Waals surface area contributed by atoms with E-state index in [2.05, 4.69) is 5.10 Å². The van der Waals surface area contributed by atoms with Crippen LogP contribution in [0.25, 0.3) is 0 Å². The van der Waals surface area contributed by atoms with Gasteiger partial charge in [0.25, 0.3) is 0 Å². The predicted molar refractivity (Wildman–Crippen MR) is 51.7 cm³/mol. The van der Waals surface area contributed by atoms with Gasteiger partial charge in [0.2, 0.25) is 5.91 Å². The van der Waals surface area contributed by atoms with Gasteiger partial charge in [0.1, 0.15) is 0 Å². The molecule has 16 heavy (non-hydrogen) atoms. The zero-order chi connectivity index (χ0) is 12.9. The second-order valence-electron chi connectivity index (χ2n) is 3.02. The Bertz CT molecular complexity index is 356. The first kappa shape index (κ1) is 14.3. The lowest BCUT2D eigenvalue weighted by atomic mass is 10.1. The standard InChI is InChI=1S/C9H11F3N2O2/c1-5(6(2)15)8(9(10,11)12)4-13-14-7(3)16/h4H,1-3H3,(H,14,16). The number of allylic oxidation sites excluding steroid dienone is 2. The second kappa shape index (κ2) is 5.43. The van der Waals surface area contributed by atoms with Crippen LogP contribution in [0.5, 0.6) is 0 Å². The number of Topliss-reactive ketones (excluding diaryl/α,β-unsaturated/α-hetero) is 1. The first-order chi connectivity index (χ1) is 7.16. The highest BCUT2D eigenvalue weighted by Gasteiger charge is 2.35. The van der Waals surface area contributed by atoms with Crippen molar-refractivity contribution in [2.75, 3.05) is 0 Å². The number of nitrogens with one attached hydrogen (secondary N) is 1. The molecule has 1 amide bonds. The molecule has 0 saturated carbocycles. The molecule has 0 aromatic rings. The molecule has 0 rings (SSSR count). The molecule has 4 nitrogen and oxygen atoms in total. The zero-order valence-electron chi connectivity index (χ0n) is 8.97. The summed E-state index contributed by atoms with van der Waals surface area (Å²) in [7, 11) is 0. The SMILES string of the molecule is CC(=O)NN=CC(=C(C)C(C)=O)C(F)(F)F. The van der Waals surface area contributed by atoms with E-state index in [9.17, 15) is 22.8 Å². The van der Waals surface area contributed by atoms with Crippen LogP contribution in [0.3, 0.4) is 0 Å². The summed E-state index contributed by atoms with van der Waals surface area (Å²) in [5, 5.41) is 3.09. The molecule has 0 aromatic heterocycles. The number of rotatable bonds is 3. The highest BCUT2D eigenvalue weighted by molar-refractivity contribution is 6.00. The number of nitrogens with zero attached hydrogens (tertiary/aromatic N) is 1. The maximum Gasteiger partial charge on any atom is 0.418 e. The molecular formula is C9H11F3N2O2. The third kappa shape index (κ3) is 4.72. The number of hydrazone groups is 1. The number of alkyl halides is 3. The average Bonchev–Trinajstić information content (AvgIpc) is 2.08. The summed E-state index contributed by atoms with van der Waals surface area (Å²) in [6.45, 7) is 3.17. The minimum atomic E-state index is -4.68. The molecule has 0 aliphatic heterocycles. The number of ketones is 1. The zero-order valence-corrected chi connectivity index (χ0v) is 8.97. The van der Waals surface area contributed by atoms with Crippen LogP contribution in [-0.2, 0) is 9.59 Å². The highest BCUT2D eigenvalue weighted by Crippen LogP contribution is 2.27.